The fourth-order valence-corrected chi connectivity index (χ4v) is 5.55. The predicted molar refractivity (Wildman–Crippen MR) is 121 cm³/mol. The van der Waals surface area contributed by atoms with Crippen molar-refractivity contribution in [2.24, 2.45) is 0 Å². The fraction of sp³-hybridized carbons (Fsp3) is 0.227. The SMILES string of the molecule is CN(C)c1cccc2c(S(=O)(=O)NC3CC(=O)N(c4ccccc4Cl)C3)cccc12. The average Bonchev–Trinajstić information content (AvgIpc) is 3.06. The smallest absolute Gasteiger partial charge is 0.241 e. The Morgan fingerprint density at radius 3 is 2.43 bits per heavy atom. The molecule has 1 atom stereocenters. The number of carbonyl (C=O) groups excluding carboxylic acids is 1. The van der Waals surface area contributed by atoms with E-state index >= 15 is 0 Å². The van der Waals surface area contributed by atoms with Gasteiger partial charge in [-0.05, 0) is 24.3 Å². The second kappa shape index (κ2) is 7.91. The normalized spacial score (nSPS) is 17.0. The first-order valence-electron chi connectivity index (χ1n) is 9.54. The van der Waals surface area contributed by atoms with E-state index in [0.717, 1.165) is 11.1 Å². The molecule has 30 heavy (non-hydrogen) atoms. The van der Waals surface area contributed by atoms with Crippen molar-refractivity contribution in [1.82, 2.24) is 4.72 Å². The van der Waals surface area contributed by atoms with Crippen LogP contribution in [0.25, 0.3) is 10.8 Å². The molecule has 0 saturated carbocycles. The maximum atomic E-state index is 13.2. The van der Waals surface area contributed by atoms with Crippen LogP contribution in [0, 0.1) is 0 Å². The molecule has 1 amide bonds. The number of nitrogens with one attached hydrogen (secondary N) is 1. The third kappa shape index (κ3) is 3.76. The van der Waals surface area contributed by atoms with Gasteiger partial charge in [0, 0.05) is 49.6 Å². The number of sulfonamides is 1. The molecule has 0 bridgehead atoms. The van der Waals surface area contributed by atoms with Gasteiger partial charge in [-0.2, -0.15) is 0 Å². The zero-order valence-electron chi connectivity index (χ0n) is 16.7. The number of rotatable bonds is 5. The molecule has 8 heteroatoms. The third-order valence-corrected chi connectivity index (χ3v) is 7.12. The number of halogens is 1. The lowest BCUT2D eigenvalue weighted by molar-refractivity contribution is -0.117. The van der Waals surface area contributed by atoms with E-state index in [0.29, 0.717) is 16.1 Å². The van der Waals surface area contributed by atoms with Crippen LogP contribution < -0.4 is 14.5 Å². The number of carbonyl (C=O) groups is 1. The monoisotopic (exact) mass is 443 g/mol. The molecule has 0 aliphatic carbocycles. The lowest BCUT2D eigenvalue weighted by Crippen LogP contribution is -2.37. The standard InChI is InChI=1S/C22H22ClN3O3S/c1-25(2)19-11-5-8-17-16(19)7-6-12-21(17)30(28,29)24-15-13-22(27)26(14-15)20-10-4-3-9-18(20)23/h3-12,15,24H,13-14H2,1-2H3. The van der Waals surface area contributed by atoms with Gasteiger partial charge in [0.25, 0.3) is 0 Å². The summed E-state index contributed by atoms with van der Waals surface area (Å²) < 4.78 is 29.2. The quantitative estimate of drug-likeness (QED) is 0.653. The van der Waals surface area contributed by atoms with Crippen molar-refractivity contribution < 1.29 is 13.2 Å². The molecule has 3 aromatic carbocycles. The molecule has 1 saturated heterocycles. The van der Waals surface area contributed by atoms with Gasteiger partial charge in [-0.25, -0.2) is 13.1 Å². The van der Waals surface area contributed by atoms with E-state index in [-0.39, 0.29) is 23.8 Å². The molecule has 4 rings (SSSR count). The van der Waals surface area contributed by atoms with Gasteiger partial charge >= 0.3 is 0 Å². The van der Waals surface area contributed by atoms with Crippen molar-refractivity contribution in [3.05, 3.63) is 65.7 Å². The van der Waals surface area contributed by atoms with E-state index in [1.165, 1.54) is 4.90 Å². The second-order valence-corrected chi connectivity index (χ2v) is 9.59. The maximum Gasteiger partial charge on any atom is 0.241 e. The topological polar surface area (TPSA) is 69.7 Å². The Bertz CT molecular complexity index is 1230. The molecule has 1 fully saturated rings. The van der Waals surface area contributed by atoms with Gasteiger partial charge in [0.05, 0.1) is 15.6 Å². The molecule has 0 spiro atoms. The Balaban J connectivity index is 1.64. The number of amides is 1. The van der Waals surface area contributed by atoms with Crippen LogP contribution >= 0.6 is 11.6 Å². The van der Waals surface area contributed by atoms with Gasteiger partial charge in [-0.15, -0.1) is 0 Å². The Hall–Kier alpha value is -2.61. The van der Waals surface area contributed by atoms with Crippen molar-refractivity contribution in [2.75, 3.05) is 30.4 Å². The molecule has 6 nitrogen and oxygen atoms in total. The highest BCUT2D eigenvalue weighted by Crippen LogP contribution is 2.32. The summed E-state index contributed by atoms with van der Waals surface area (Å²) in [5.41, 5.74) is 1.53. The highest BCUT2D eigenvalue weighted by atomic mass is 35.5. The number of hydrogen-bond acceptors (Lipinski definition) is 4. The first kappa shape index (κ1) is 20.7. The summed E-state index contributed by atoms with van der Waals surface area (Å²) in [4.78, 5) is 16.2. The van der Waals surface area contributed by atoms with E-state index in [4.69, 9.17) is 11.6 Å². The predicted octanol–water partition coefficient (Wildman–Crippen LogP) is 3.64. The first-order chi connectivity index (χ1) is 14.3. The van der Waals surface area contributed by atoms with Gasteiger partial charge in [-0.3, -0.25) is 4.79 Å². The zero-order chi connectivity index (χ0) is 21.5. The number of fused-ring (bicyclic) bond motifs is 1. The van der Waals surface area contributed by atoms with E-state index in [2.05, 4.69) is 4.72 Å². The van der Waals surface area contributed by atoms with E-state index in [1.54, 1.807) is 42.5 Å². The lowest BCUT2D eigenvalue weighted by Gasteiger charge is -2.19. The summed E-state index contributed by atoms with van der Waals surface area (Å²) in [6, 6.07) is 17.3. The molecule has 1 heterocycles. The molecule has 156 valence electrons. The molecular formula is C22H22ClN3O3S. The van der Waals surface area contributed by atoms with E-state index in [1.807, 2.05) is 37.2 Å². The molecule has 1 N–H and O–H groups in total. The lowest BCUT2D eigenvalue weighted by atomic mass is 10.1. The summed E-state index contributed by atoms with van der Waals surface area (Å²) >= 11 is 6.22. The minimum Gasteiger partial charge on any atom is -0.377 e. The van der Waals surface area contributed by atoms with Crippen LogP contribution in [0.3, 0.4) is 0 Å². The van der Waals surface area contributed by atoms with Gasteiger partial charge in [-0.1, -0.05) is 48.0 Å². The van der Waals surface area contributed by atoms with Gasteiger partial charge < -0.3 is 9.80 Å². The molecule has 0 radical (unpaired) electrons. The Morgan fingerprint density at radius 1 is 1.00 bits per heavy atom. The van der Waals surface area contributed by atoms with E-state index < -0.39 is 16.1 Å². The van der Waals surface area contributed by atoms with Gasteiger partial charge in [0.2, 0.25) is 15.9 Å². The maximum absolute atomic E-state index is 13.2. The van der Waals surface area contributed by atoms with E-state index in [9.17, 15) is 13.2 Å². The van der Waals surface area contributed by atoms with Crippen LogP contribution in [0.1, 0.15) is 6.42 Å². The van der Waals surface area contributed by atoms with Crippen molar-refractivity contribution in [3.63, 3.8) is 0 Å². The summed E-state index contributed by atoms with van der Waals surface area (Å²) in [7, 11) is 0.00426. The Kier molecular flexibility index (Phi) is 5.44. The summed E-state index contributed by atoms with van der Waals surface area (Å²) in [5.74, 6) is -0.163. The summed E-state index contributed by atoms with van der Waals surface area (Å²) in [6.07, 6.45) is 0.0815. The highest BCUT2D eigenvalue weighted by Gasteiger charge is 2.34. The number of anilines is 2. The van der Waals surface area contributed by atoms with Crippen molar-refractivity contribution in [1.29, 1.82) is 0 Å². The molecule has 1 aliphatic heterocycles. The average molecular weight is 444 g/mol. The molecule has 1 aliphatic rings. The minimum atomic E-state index is -3.83. The largest absolute Gasteiger partial charge is 0.377 e. The first-order valence-corrected chi connectivity index (χ1v) is 11.4. The van der Waals surface area contributed by atoms with Crippen LogP contribution in [0.4, 0.5) is 11.4 Å². The van der Waals surface area contributed by atoms with Crippen LogP contribution in [0.5, 0.6) is 0 Å². The van der Waals surface area contributed by atoms with Crippen LogP contribution in [-0.4, -0.2) is 41.0 Å². The number of nitrogens with zero attached hydrogens (tertiary/aromatic N) is 2. The van der Waals surface area contributed by atoms with Gasteiger partial charge in [0.15, 0.2) is 0 Å². The van der Waals surface area contributed by atoms with Crippen molar-refractivity contribution in [3.8, 4) is 0 Å². The fourth-order valence-electron chi connectivity index (χ4n) is 3.86. The minimum absolute atomic E-state index is 0.0815. The molecular weight excluding hydrogens is 422 g/mol. The highest BCUT2D eigenvalue weighted by molar-refractivity contribution is 7.89. The van der Waals surface area contributed by atoms with Crippen molar-refractivity contribution in [2.45, 2.75) is 17.4 Å². The molecule has 3 aromatic rings. The van der Waals surface area contributed by atoms with Crippen molar-refractivity contribution >= 4 is 49.7 Å². The number of benzene rings is 3. The zero-order valence-corrected chi connectivity index (χ0v) is 18.2. The summed E-state index contributed by atoms with van der Waals surface area (Å²) in [6.45, 7) is 0.232. The Labute approximate surface area is 181 Å². The second-order valence-electron chi connectivity index (χ2n) is 7.50. The number of hydrogen-bond donors (Lipinski definition) is 1. The third-order valence-electron chi connectivity index (χ3n) is 5.22. The molecule has 0 aromatic heterocycles. The van der Waals surface area contributed by atoms with Gasteiger partial charge in [0.1, 0.15) is 0 Å². The molecule has 1 unspecified atom stereocenters. The number of para-hydroxylation sites is 1. The van der Waals surface area contributed by atoms with Crippen LogP contribution in [-0.2, 0) is 14.8 Å². The van der Waals surface area contributed by atoms with Crippen LogP contribution in [0.15, 0.2) is 65.6 Å². The Morgan fingerprint density at radius 2 is 1.70 bits per heavy atom. The van der Waals surface area contributed by atoms with Crippen LogP contribution in [0.2, 0.25) is 5.02 Å². The summed E-state index contributed by atoms with van der Waals surface area (Å²) in [5, 5.41) is 1.95.